The van der Waals surface area contributed by atoms with E-state index in [2.05, 4.69) is 10.6 Å². The highest BCUT2D eigenvalue weighted by Gasteiger charge is 2.56. The number of ether oxygens (including phenoxy) is 1. The minimum absolute atomic E-state index is 0.362. The van der Waals surface area contributed by atoms with Gasteiger partial charge in [-0.05, 0) is 56.2 Å². The van der Waals surface area contributed by atoms with Gasteiger partial charge in [0, 0.05) is 5.69 Å². The standard InChI is InChI=1S/C19H19FN2O3/c1-2-25-16-6-4-3-5-15(16)22-18(24)19(11-12-19)17(23)21-14-9-7-13(20)8-10-14/h3-10H,2,11-12H2,1H3,(H,21,23)(H,22,24). The number of halogens is 1. The molecule has 0 aromatic heterocycles. The van der Waals surface area contributed by atoms with E-state index in [1.807, 2.05) is 13.0 Å². The molecule has 1 aliphatic carbocycles. The van der Waals surface area contributed by atoms with Gasteiger partial charge in [0.05, 0.1) is 12.3 Å². The second kappa shape index (κ2) is 6.93. The minimum Gasteiger partial charge on any atom is -0.492 e. The topological polar surface area (TPSA) is 67.4 Å². The van der Waals surface area contributed by atoms with Crippen LogP contribution in [0.5, 0.6) is 5.75 Å². The summed E-state index contributed by atoms with van der Waals surface area (Å²) < 4.78 is 18.4. The summed E-state index contributed by atoms with van der Waals surface area (Å²) in [6, 6.07) is 12.5. The van der Waals surface area contributed by atoms with Gasteiger partial charge >= 0.3 is 0 Å². The Hall–Kier alpha value is -2.89. The SMILES string of the molecule is CCOc1ccccc1NC(=O)C1(C(=O)Nc2ccc(F)cc2)CC1. The van der Waals surface area contributed by atoms with Crippen molar-refractivity contribution in [3.8, 4) is 5.75 Å². The van der Waals surface area contributed by atoms with Crippen molar-refractivity contribution in [2.75, 3.05) is 17.2 Å². The Kier molecular flexibility index (Phi) is 4.70. The first-order valence-electron chi connectivity index (χ1n) is 8.15. The van der Waals surface area contributed by atoms with Gasteiger partial charge in [0.15, 0.2) is 0 Å². The van der Waals surface area contributed by atoms with Gasteiger partial charge in [0.1, 0.15) is 17.0 Å². The zero-order chi connectivity index (χ0) is 17.9. The fourth-order valence-electron chi connectivity index (χ4n) is 2.56. The number of para-hydroxylation sites is 2. The zero-order valence-corrected chi connectivity index (χ0v) is 13.8. The lowest BCUT2D eigenvalue weighted by molar-refractivity contribution is -0.131. The predicted octanol–water partition coefficient (Wildman–Crippen LogP) is 3.58. The van der Waals surface area contributed by atoms with Gasteiger partial charge < -0.3 is 15.4 Å². The number of hydrogen-bond acceptors (Lipinski definition) is 3. The molecule has 2 N–H and O–H groups in total. The van der Waals surface area contributed by atoms with Crippen LogP contribution < -0.4 is 15.4 Å². The molecule has 3 rings (SSSR count). The van der Waals surface area contributed by atoms with Crippen LogP contribution in [-0.4, -0.2) is 18.4 Å². The minimum atomic E-state index is -1.09. The number of amides is 2. The van der Waals surface area contributed by atoms with Crippen molar-refractivity contribution in [1.82, 2.24) is 0 Å². The Bertz CT molecular complexity index is 786. The van der Waals surface area contributed by atoms with E-state index >= 15 is 0 Å². The van der Waals surface area contributed by atoms with Crippen LogP contribution in [0, 0.1) is 11.2 Å². The molecule has 1 saturated carbocycles. The number of nitrogens with one attached hydrogen (secondary N) is 2. The maximum Gasteiger partial charge on any atom is 0.240 e. The van der Waals surface area contributed by atoms with Gasteiger partial charge in [-0.15, -0.1) is 0 Å². The maximum atomic E-state index is 13.0. The van der Waals surface area contributed by atoms with Crippen molar-refractivity contribution in [3.05, 3.63) is 54.3 Å². The second-order valence-corrected chi connectivity index (χ2v) is 5.93. The fourth-order valence-corrected chi connectivity index (χ4v) is 2.56. The van der Waals surface area contributed by atoms with E-state index in [1.165, 1.54) is 24.3 Å². The van der Waals surface area contributed by atoms with Crippen molar-refractivity contribution >= 4 is 23.2 Å². The molecule has 1 aliphatic rings. The van der Waals surface area contributed by atoms with Gasteiger partial charge in [0.2, 0.25) is 11.8 Å². The number of carbonyl (C=O) groups is 2. The van der Waals surface area contributed by atoms with Crippen LogP contribution in [0.25, 0.3) is 0 Å². The Morgan fingerprint density at radius 2 is 1.68 bits per heavy atom. The van der Waals surface area contributed by atoms with Crippen LogP contribution in [0.3, 0.4) is 0 Å². The maximum absolute atomic E-state index is 13.0. The summed E-state index contributed by atoms with van der Waals surface area (Å²) in [7, 11) is 0. The average Bonchev–Trinajstić information content (AvgIpc) is 3.41. The number of anilines is 2. The van der Waals surface area contributed by atoms with E-state index in [1.54, 1.807) is 18.2 Å². The van der Waals surface area contributed by atoms with Crippen molar-refractivity contribution in [2.45, 2.75) is 19.8 Å². The Labute approximate surface area is 145 Å². The number of hydrogen-bond donors (Lipinski definition) is 2. The van der Waals surface area contributed by atoms with Crippen LogP contribution in [0.15, 0.2) is 48.5 Å². The predicted molar refractivity (Wildman–Crippen MR) is 92.9 cm³/mol. The van der Waals surface area contributed by atoms with Gasteiger partial charge in [-0.2, -0.15) is 0 Å². The lowest BCUT2D eigenvalue weighted by atomic mass is 10.0. The van der Waals surface area contributed by atoms with Gasteiger partial charge in [0.25, 0.3) is 0 Å². The Morgan fingerprint density at radius 3 is 2.32 bits per heavy atom. The molecule has 0 unspecified atom stereocenters. The normalized spacial score (nSPS) is 14.5. The van der Waals surface area contributed by atoms with E-state index in [0.717, 1.165) is 0 Å². The van der Waals surface area contributed by atoms with Crippen LogP contribution in [-0.2, 0) is 9.59 Å². The Balaban J connectivity index is 1.71. The smallest absolute Gasteiger partial charge is 0.240 e. The number of carbonyl (C=O) groups excluding carboxylic acids is 2. The molecular formula is C19H19FN2O3. The molecule has 2 aromatic rings. The van der Waals surface area contributed by atoms with E-state index in [-0.39, 0.29) is 17.6 Å². The highest BCUT2D eigenvalue weighted by atomic mass is 19.1. The van der Waals surface area contributed by atoms with Crippen LogP contribution in [0.2, 0.25) is 0 Å². The van der Waals surface area contributed by atoms with Gasteiger partial charge in [-0.3, -0.25) is 9.59 Å². The summed E-state index contributed by atoms with van der Waals surface area (Å²) in [5, 5.41) is 5.47. The summed E-state index contributed by atoms with van der Waals surface area (Å²) >= 11 is 0. The van der Waals surface area contributed by atoms with Crippen LogP contribution in [0.4, 0.5) is 15.8 Å². The van der Waals surface area contributed by atoms with E-state index in [4.69, 9.17) is 4.74 Å². The Morgan fingerprint density at radius 1 is 1.04 bits per heavy atom. The second-order valence-electron chi connectivity index (χ2n) is 5.93. The number of benzene rings is 2. The quantitative estimate of drug-likeness (QED) is 0.789. The summed E-state index contributed by atoms with van der Waals surface area (Å²) in [6.45, 7) is 2.33. The molecule has 1 fully saturated rings. The van der Waals surface area contributed by atoms with E-state index in [0.29, 0.717) is 36.6 Å². The largest absolute Gasteiger partial charge is 0.492 e. The summed E-state index contributed by atoms with van der Waals surface area (Å²) in [6.07, 6.45) is 0.950. The molecule has 0 heterocycles. The molecule has 0 spiro atoms. The molecule has 0 atom stereocenters. The van der Waals surface area contributed by atoms with Gasteiger partial charge in [-0.25, -0.2) is 4.39 Å². The molecule has 2 aromatic carbocycles. The molecule has 6 heteroatoms. The number of rotatable bonds is 6. The van der Waals surface area contributed by atoms with Crippen LogP contribution in [0.1, 0.15) is 19.8 Å². The van der Waals surface area contributed by atoms with Crippen molar-refractivity contribution in [1.29, 1.82) is 0 Å². The molecule has 0 bridgehead atoms. The monoisotopic (exact) mass is 342 g/mol. The van der Waals surface area contributed by atoms with E-state index < -0.39 is 5.41 Å². The fraction of sp³-hybridized carbons (Fsp3) is 0.263. The molecule has 0 aliphatic heterocycles. The van der Waals surface area contributed by atoms with Crippen LogP contribution >= 0.6 is 0 Å². The summed E-state index contributed by atoms with van der Waals surface area (Å²) in [5.74, 6) is -0.567. The molecular weight excluding hydrogens is 323 g/mol. The van der Waals surface area contributed by atoms with Crippen molar-refractivity contribution in [2.24, 2.45) is 5.41 Å². The van der Waals surface area contributed by atoms with Crippen molar-refractivity contribution in [3.63, 3.8) is 0 Å². The third kappa shape index (κ3) is 3.63. The zero-order valence-electron chi connectivity index (χ0n) is 13.8. The molecule has 0 saturated heterocycles. The average molecular weight is 342 g/mol. The first kappa shape index (κ1) is 17.0. The first-order valence-corrected chi connectivity index (χ1v) is 8.15. The third-order valence-electron chi connectivity index (χ3n) is 4.16. The molecule has 5 nitrogen and oxygen atoms in total. The third-order valence-corrected chi connectivity index (χ3v) is 4.16. The molecule has 2 amide bonds. The summed E-state index contributed by atoms with van der Waals surface area (Å²) in [4.78, 5) is 25.2. The molecule has 130 valence electrons. The van der Waals surface area contributed by atoms with Gasteiger partial charge in [-0.1, -0.05) is 12.1 Å². The molecule has 0 radical (unpaired) electrons. The molecule has 25 heavy (non-hydrogen) atoms. The lowest BCUT2D eigenvalue weighted by Crippen LogP contribution is -2.35. The lowest BCUT2D eigenvalue weighted by Gasteiger charge is -2.17. The van der Waals surface area contributed by atoms with E-state index in [9.17, 15) is 14.0 Å². The first-order chi connectivity index (χ1) is 12.0. The van der Waals surface area contributed by atoms with Crippen molar-refractivity contribution < 1.29 is 18.7 Å². The highest BCUT2D eigenvalue weighted by Crippen LogP contribution is 2.48. The highest BCUT2D eigenvalue weighted by molar-refractivity contribution is 6.17. The summed E-state index contributed by atoms with van der Waals surface area (Å²) in [5.41, 5.74) is -0.0938.